The van der Waals surface area contributed by atoms with Crippen molar-refractivity contribution < 1.29 is 14.0 Å². The molecule has 1 aromatic heterocycles. The zero-order chi connectivity index (χ0) is 17.3. The Bertz CT molecular complexity index is 927. The maximum atomic E-state index is 12.5. The molecule has 0 radical (unpaired) electrons. The Labute approximate surface area is 148 Å². The van der Waals surface area contributed by atoms with E-state index in [9.17, 15) is 9.59 Å². The molecular formula is C18H13Cl2NO3. The smallest absolute Gasteiger partial charge is 0.258 e. The van der Waals surface area contributed by atoms with Gasteiger partial charge in [0.25, 0.3) is 5.91 Å². The minimum atomic E-state index is -0.427. The van der Waals surface area contributed by atoms with Gasteiger partial charge >= 0.3 is 0 Å². The Balaban J connectivity index is 2.03. The van der Waals surface area contributed by atoms with Gasteiger partial charge in [0.1, 0.15) is 12.0 Å². The van der Waals surface area contributed by atoms with Crippen LogP contribution in [0.2, 0.25) is 10.0 Å². The first-order valence-corrected chi connectivity index (χ1v) is 7.98. The number of halogens is 2. The number of carbonyl (C=O) groups excluding carboxylic acids is 2. The van der Waals surface area contributed by atoms with Crippen LogP contribution in [0, 0.1) is 6.92 Å². The van der Waals surface area contributed by atoms with Gasteiger partial charge in [0.15, 0.2) is 5.58 Å². The van der Waals surface area contributed by atoms with Gasteiger partial charge in [-0.2, -0.15) is 0 Å². The van der Waals surface area contributed by atoms with Crippen LogP contribution in [0.1, 0.15) is 21.7 Å². The standard InChI is InChI=1S/C18H13Cl2NO3/c1-10-11(8-9-22)12-4-2-7-15(17(12)24-10)21-18(23)16-13(19)5-3-6-14(16)20/h2-7,9H,8H2,1H3,(H,21,23). The van der Waals surface area contributed by atoms with Crippen molar-refractivity contribution in [3.63, 3.8) is 0 Å². The second-order valence-corrected chi connectivity index (χ2v) is 6.06. The number of nitrogens with one attached hydrogen (secondary N) is 1. The van der Waals surface area contributed by atoms with Gasteiger partial charge in [-0.3, -0.25) is 4.79 Å². The molecular weight excluding hydrogens is 349 g/mol. The first kappa shape index (κ1) is 16.6. The van der Waals surface area contributed by atoms with Gasteiger partial charge in [0.2, 0.25) is 0 Å². The fraction of sp³-hybridized carbons (Fsp3) is 0.111. The lowest BCUT2D eigenvalue weighted by atomic mass is 10.1. The lowest BCUT2D eigenvalue weighted by Crippen LogP contribution is -2.13. The molecule has 4 nitrogen and oxygen atoms in total. The van der Waals surface area contributed by atoms with Gasteiger partial charge in [-0.05, 0) is 25.1 Å². The third-order valence-electron chi connectivity index (χ3n) is 3.75. The average Bonchev–Trinajstić information content (AvgIpc) is 2.85. The first-order chi connectivity index (χ1) is 11.5. The molecule has 1 heterocycles. The molecule has 0 atom stereocenters. The zero-order valence-electron chi connectivity index (χ0n) is 12.7. The van der Waals surface area contributed by atoms with Crippen LogP contribution in [0.25, 0.3) is 11.0 Å². The molecule has 0 aliphatic heterocycles. The van der Waals surface area contributed by atoms with Crippen LogP contribution >= 0.6 is 23.2 Å². The van der Waals surface area contributed by atoms with Gasteiger partial charge in [-0.1, -0.05) is 41.4 Å². The highest BCUT2D eigenvalue weighted by Crippen LogP contribution is 2.32. The van der Waals surface area contributed by atoms with E-state index in [4.69, 9.17) is 27.6 Å². The highest BCUT2D eigenvalue weighted by Gasteiger charge is 2.18. The second-order valence-electron chi connectivity index (χ2n) is 5.24. The van der Waals surface area contributed by atoms with Crippen LogP contribution in [0.5, 0.6) is 0 Å². The van der Waals surface area contributed by atoms with E-state index < -0.39 is 5.91 Å². The van der Waals surface area contributed by atoms with Crippen molar-refractivity contribution in [2.45, 2.75) is 13.3 Å². The summed E-state index contributed by atoms with van der Waals surface area (Å²) in [5.41, 5.74) is 2.03. The fourth-order valence-corrected chi connectivity index (χ4v) is 3.19. The number of aryl methyl sites for hydroxylation is 1. The summed E-state index contributed by atoms with van der Waals surface area (Å²) in [4.78, 5) is 23.4. The maximum absolute atomic E-state index is 12.5. The normalized spacial score (nSPS) is 10.8. The Morgan fingerprint density at radius 3 is 2.50 bits per heavy atom. The van der Waals surface area contributed by atoms with Crippen LogP contribution in [0.15, 0.2) is 40.8 Å². The molecule has 0 unspecified atom stereocenters. The number of hydrogen-bond donors (Lipinski definition) is 1. The molecule has 2 aromatic carbocycles. The number of furan rings is 1. The number of hydrogen-bond acceptors (Lipinski definition) is 3. The number of amides is 1. The van der Waals surface area contributed by atoms with E-state index in [0.29, 0.717) is 17.0 Å². The van der Waals surface area contributed by atoms with Crippen molar-refractivity contribution in [1.29, 1.82) is 0 Å². The van der Waals surface area contributed by atoms with Crippen molar-refractivity contribution >= 4 is 52.1 Å². The minimum absolute atomic E-state index is 0.203. The summed E-state index contributed by atoms with van der Waals surface area (Å²) >= 11 is 12.1. The van der Waals surface area contributed by atoms with E-state index in [1.165, 1.54) is 0 Å². The fourth-order valence-electron chi connectivity index (χ4n) is 2.62. The molecule has 0 spiro atoms. The van der Waals surface area contributed by atoms with E-state index in [1.54, 1.807) is 37.3 Å². The Morgan fingerprint density at radius 2 is 1.83 bits per heavy atom. The molecule has 0 bridgehead atoms. The van der Waals surface area contributed by atoms with Crippen molar-refractivity contribution in [3.05, 3.63) is 63.3 Å². The first-order valence-electron chi connectivity index (χ1n) is 7.23. The minimum Gasteiger partial charge on any atom is -0.459 e. The number of aldehydes is 1. The van der Waals surface area contributed by atoms with Crippen LogP contribution in [0.4, 0.5) is 5.69 Å². The zero-order valence-corrected chi connectivity index (χ0v) is 14.2. The number of fused-ring (bicyclic) bond motifs is 1. The Kier molecular flexibility index (Phi) is 4.60. The monoisotopic (exact) mass is 361 g/mol. The predicted molar refractivity (Wildman–Crippen MR) is 95.1 cm³/mol. The van der Waals surface area contributed by atoms with Gasteiger partial charge < -0.3 is 14.5 Å². The van der Waals surface area contributed by atoms with E-state index in [1.807, 2.05) is 6.07 Å². The lowest BCUT2D eigenvalue weighted by Gasteiger charge is -2.08. The molecule has 0 aliphatic rings. The predicted octanol–water partition coefficient (Wildman–Crippen LogP) is 5.04. The highest BCUT2D eigenvalue weighted by atomic mass is 35.5. The number of benzene rings is 2. The molecule has 0 saturated carbocycles. The molecule has 0 saturated heterocycles. The maximum Gasteiger partial charge on any atom is 0.258 e. The van der Waals surface area contributed by atoms with Crippen LogP contribution in [-0.2, 0) is 11.2 Å². The molecule has 0 fully saturated rings. The molecule has 3 rings (SSSR count). The number of para-hydroxylation sites is 1. The lowest BCUT2D eigenvalue weighted by molar-refractivity contribution is -0.107. The molecule has 122 valence electrons. The molecule has 24 heavy (non-hydrogen) atoms. The topological polar surface area (TPSA) is 59.3 Å². The van der Waals surface area contributed by atoms with E-state index in [-0.39, 0.29) is 22.0 Å². The van der Waals surface area contributed by atoms with Crippen molar-refractivity contribution in [3.8, 4) is 0 Å². The summed E-state index contributed by atoms with van der Waals surface area (Å²) in [6.45, 7) is 1.79. The molecule has 1 N–H and O–H groups in total. The summed E-state index contributed by atoms with van der Waals surface area (Å²) in [6.07, 6.45) is 1.08. The van der Waals surface area contributed by atoms with Crippen LogP contribution in [-0.4, -0.2) is 12.2 Å². The van der Waals surface area contributed by atoms with Gasteiger partial charge in [-0.25, -0.2) is 0 Å². The SMILES string of the molecule is Cc1oc2c(NC(=O)c3c(Cl)cccc3Cl)cccc2c1CC=O. The second kappa shape index (κ2) is 6.67. The van der Waals surface area contributed by atoms with Crippen molar-refractivity contribution in [2.75, 3.05) is 5.32 Å². The number of anilines is 1. The molecule has 1 amide bonds. The molecule has 0 aliphatic carbocycles. The summed E-state index contributed by atoms with van der Waals surface area (Å²) in [5.74, 6) is 0.221. The van der Waals surface area contributed by atoms with Crippen molar-refractivity contribution in [1.82, 2.24) is 0 Å². The third kappa shape index (κ3) is 2.90. The summed E-state index contributed by atoms with van der Waals surface area (Å²) in [5, 5.41) is 4.11. The summed E-state index contributed by atoms with van der Waals surface area (Å²) < 4.78 is 5.74. The van der Waals surface area contributed by atoms with Crippen LogP contribution in [0.3, 0.4) is 0 Å². The highest BCUT2D eigenvalue weighted by molar-refractivity contribution is 6.40. The van der Waals surface area contributed by atoms with Crippen molar-refractivity contribution in [2.24, 2.45) is 0 Å². The van der Waals surface area contributed by atoms with Gasteiger partial charge in [0.05, 0.1) is 21.3 Å². The van der Waals surface area contributed by atoms with E-state index in [0.717, 1.165) is 17.2 Å². The largest absolute Gasteiger partial charge is 0.459 e. The van der Waals surface area contributed by atoms with Gasteiger partial charge in [0, 0.05) is 17.4 Å². The van der Waals surface area contributed by atoms with E-state index in [2.05, 4.69) is 5.32 Å². The average molecular weight is 362 g/mol. The number of rotatable bonds is 4. The van der Waals surface area contributed by atoms with E-state index >= 15 is 0 Å². The molecule has 6 heteroatoms. The summed E-state index contributed by atoms with van der Waals surface area (Å²) in [6, 6.07) is 10.2. The summed E-state index contributed by atoms with van der Waals surface area (Å²) in [7, 11) is 0. The molecule has 3 aromatic rings. The van der Waals surface area contributed by atoms with Gasteiger partial charge in [-0.15, -0.1) is 0 Å². The quantitative estimate of drug-likeness (QED) is 0.662. The third-order valence-corrected chi connectivity index (χ3v) is 4.38. The Morgan fingerprint density at radius 1 is 1.17 bits per heavy atom. The number of carbonyl (C=O) groups is 2. The van der Waals surface area contributed by atoms with Crippen LogP contribution < -0.4 is 5.32 Å². The Hall–Kier alpha value is -2.30.